The zero-order valence-electron chi connectivity index (χ0n) is 18.0. The molecule has 0 N–H and O–H groups in total. The Bertz CT molecular complexity index is 1050. The molecule has 1 atom stereocenters. The van der Waals surface area contributed by atoms with E-state index in [9.17, 15) is 9.59 Å². The molecule has 156 valence electrons. The third-order valence-corrected chi connectivity index (χ3v) is 5.34. The topological polar surface area (TPSA) is 57.5 Å². The Labute approximate surface area is 175 Å². The van der Waals surface area contributed by atoms with Crippen LogP contribution in [0.5, 0.6) is 5.75 Å². The van der Waals surface area contributed by atoms with Crippen LogP contribution in [-0.2, 0) is 11.2 Å². The fourth-order valence-corrected chi connectivity index (χ4v) is 3.75. The molecule has 29 heavy (non-hydrogen) atoms. The van der Waals surface area contributed by atoms with Gasteiger partial charge in [0, 0.05) is 37.9 Å². The maximum absolute atomic E-state index is 15.3. The van der Waals surface area contributed by atoms with Crippen LogP contribution >= 0.6 is 11.6 Å². The Morgan fingerprint density at radius 2 is 2.14 bits per heavy atom. The van der Waals surface area contributed by atoms with E-state index >= 15 is 4.39 Å². The van der Waals surface area contributed by atoms with Gasteiger partial charge in [-0.15, -0.1) is 0 Å². The van der Waals surface area contributed by atoms with Gasteiger partial charge >= 0.3 is 0 Å². The molecule has 0 radical (unpaired) electrons. The van der Waals surface area contributed by atoms with Crippen LogP contribution in [-0.4, -0.2) is 30.7 Å². The Kier molecular flexibility index (Phi) is 6.01. The first-order chi connectivity index (χ1) is 14.1. The standard InChI is InChI=1S/C22H25ClFNO4/c1-12(2)18-8-14-9-19(29-7-5-6-28-4)17(23)10-15(14)21-20(24)22(27)16(13(3)26)11-25(18)21/h9-12,18H,5-8H2,1-4H3/t18-/m0/s1/i18D. The number of ketones is 1. The van der Waals surface area contributed by atoms with Crippen molar-refractivity contribution in [3.63, 3.8) is 0 Å². The summed E-state index contributed by atoms with van der Waals surface area (Å²) in [5, 5.41) is 0.280. The maximum atomic E-state index is 15.3. The van der Waals surface area contributed by atoms with Gasteiger partial charge in [-0.25, -0.2) is 4.39 Å². The Balaban J connectivity index is 2.21. The summed E-state index contributed by atoms with van der Waals surface area (Å²) in [6.45, 7) is 5.86. The molecule has 0 bridgehead atoms. The highest BCUT2D eigenvalue weighted by Gasteiger charge is 2.31. The number of fused-ring (bicyclic) bond motifs is 3. The van der Waals surface area contributed by atoms with Crippen molar-refractivity contribution in [1.82, 2.24) is 4.57 Å². The van der Waals surface area contributed by atoms with E-state index in [4.69, 9.17) is 22.4 Å². The fraction of sp³-hybridized carbons (Fsp3) is 0.455. The highest BCUT2D eigenvalue weighted by molar-refractivity contribution is 6.32. The molecular formula is C22H25ClFNO4. The summed E-state index contributed by atoms with van der Waals surface area (Å²) < 4.78 is 36.5. The van der Waals surface area contributed by atoms with E-state index in [2.05, 4.69) is 0 Å². The molecule has 0 saturated carbocycles. The average molecular weight is 423 g/mol. The number of carbonyl (C=O) groups excluding carboxylic acids is 1. The van der Waals surface area contributed by atoms with E-state index in [1.807, 2.05) is 13.8 Å². The molecule has 1 aliphatic rings. The van der Waals surface area contributed by atoms with Crippen LogP contribution < -0.4 is 10.2 Å². The summed E-state index contributed by atoms with van der Waals surface area (Å²) in [6.07, 6.45) is 2.24. The van der Waals surface area contributed by atoms with E-state index in [0.717, 1.165) is 0 Å². The number of pyridine rings is 1. The van der Waals surface area contributed by atoms with Crippen molar-refractivity contribution in [2.24, 2.45) is 5.92 Å². The molecule has 0 amide bonds. The summed E-state index contributed by atoms with van der Waals surface area (Å²) in [4.78, 5) is 24.4. The molecule has 2 aromatic rings. The number of hydrogen-bond acceptors (Lipinski definition) is 4. The highest BCUT2D eigenvalue weighted by Crippen LogP contribution is 2.42. The van der Waals surface area contributed by atoms with Crippen molar-refractivity contribution in [2.75, 3.05) is 20.3 Å². The third-order valence-electron chi connectivity index (χ3n) is 5.04. The largest absolute Gasteiger partial charge is 0.492 e. The van der Waals surface area contributed by atoms with Crippen LogP contribution in [0.25, 0.3) is 11.3 Å². The van der Waals surface area contributed by atoms with Crippen LogP contribution in [0, 0.1) is 11.7 Å². The molecule has 0 unspecified atom stereocenters. The van der Waals surface area contributed by atoms with Gasteiger partial charge in [0.05, 0.1) is 24.3 Å². The summed E-state index contributed by atoms with van der Waals surface area (Å²) >= 11 is 6.38. The minimum Gasteiger partial charge on any atom is -0.492 e. The van der Waals surface area contributed by atoms with Crippen molar-refractivity contribution >= 4 is 17.4 Å². The number of benzene rings is 1. The Hall–Kier alpha value is -2.18. The maximum Gasteiger partial charge on any atom is 0.228 e. The average Bonchev–Trinajstić information content (AvgIpc) is 2.68. The number of rotatable bonds is 7. The van der Waals surface area contributed by atoms with Crippen LogP contribution in [0.2, 0.25) is 5.02 Å². The van der Waals surface area contributed by atoms with Gasteiger partial charge in [0.2, 0.25) is 5.43 Å². The molecule has 7 heteroatoms. The van der Waals surface area contributed by atoms with Gasteiger partial charge in [0.15, 0.2) is 11.6 Å². The third kappa shape index (κ3) is 4.09. The minimum atomic E-state index is -1.29. The number of carbonyl (C=O) groups is 1. The molecule has 2 heterocycles. The lowest BCUT2D eigenvalue weighted by atomic mass is 9.87. The predicted octanol–water partition coefficient (Wildman–Crippen LogP) is 4.68. The van der Waals surface area contributed by atoms with Crippen LogP contribution in [0.1, 0.15) is 50.5 Å². The first-order valence-electron chi connectivity index (χ1n) is 10.0. The highest BCUT2D eigenvalue weighted by atomic mass is 35.5. The molecule has 1 aliphatic heterocycles. The molecule has 0 saturated heterocycles. The first kappa shape index (κ1) is 20.1. The summed E-state index contributed by atoms with van der Waals surface area (Å²) in [7, 11) is 1.61. The van der Waals surface area contributed by atoms with Gasteiger partial charge in [0.1, 0.15) is 5.75 Å². The molecule has 0 spiro atoms. The smallest absolute Gasteiger partial charge is 0.228 e. The normalized spacial score (nSPS) is 18.2. The number of methoxy groups -OCH3 is 1. The minimum absolute atomic E-state index is 0.0252. The van der Waals surface area contributed by atoms with Crippen molar-refractivity contribution in [3.8, 4) is 17.0 Å². The summed E-state index contributed by atoms with van der Waals surface area (Å²) in [5.41, 5.74) is -0.163. The van der Waals surface area contributed by atoms with Gasteiger partial charge in [-0.2, -0.15) is 0 Å². The van der Waals surface area contributed by atoms with E-state index in [1.165, 1.54) is 17.7 Å². The fourth-order valence-electron chi connectivity index (χ4n) is 3.53. The van der Waals surface area contributed by atoms with Crippen molar-refractivity contribution < 1.29 is 20.0 Å². The lowest BCUT2D eigenvalue weighted by Crippen LogP contribution is -2.30. The molecule has 1 aromatic carbocycles. The second-order valence-electron chi connectivity index (χ2n) is 7.42. The number of Topliss-reactive ketones (excluding diaryl/α,β-unsaturated/α-hetero) is 1. The van der Waals surface area contributed by atoms with Crippen molar-refractivity contribution in [3.05, 3.63) is 50.5 Å². The lowest BCUT2D eigenvalue weighted by Gasteiger charge is -2.34. The van der Waals surface area contributed by atoms with E-state index in [1.54, 1.807) is 19.2 Å². The van der Waals surface area contributed by atoms with Gasteiger partial charge < -0.3 is 14.0 Å². The van der Waals surface area contributed by atoms with Gasteiger partial charge in [-0.3, -0.25) is 9.59 Å². The van der Waals surface area contributed by atoms with E-state index in [-0.39, 0.29) is 28.6 Å². The predicted molar refractivity (Wildman–Crippen MR) is 111 cm³/mol. The Morgan fingerprint density at radius 1 is 1.41 bits per heavy atom. The molecule has 5 nitrogen and oxygen atoms in total. The Morgan fingerprint density at radius 3 is 2.76 bits per heavy atom. The summed E-state index contributed by atoms with van der Waals surface area (Å²) in [5.74, 6) is -1.38. The first-order valence-corrected chi connectivity index (χ1v) is 9.90. The number of nitrogens with zero attached hydrogens (tertiary/aromatic N) is 1. The number of ether oxygens (including phenoxy) is 2. The molecule has 0 fully saturated rings. The zero-order chi connectivity index (χ0) is 22.2. The number of halogens is 2. The second kappa shape index (κ2) is 8.67. The van der Waals surface area contributed by atoms with Crippen molar-refractivity contribution in [1.29, 1.82) is 0 Å². The van der Waals surface area contributed by atoms with Crippen LogP contribution in [0.4, 0.5) is 4.39 Å². The number of hydrogen-bond donors (Lipinski definition) is 0. The van der Waals surface area contributed by atoms with Crippen LogP contribution in [0.3, 0.4) is 0 Å². The molecule has 0 aliphatic carbocycles. The zero-order valence-corrected chi connectivity index (χ0v) is 17.7. The SMILES string of the molecule is [2H][C@@]1(C(C)C)Cc2cc(OCCCOC)c(Cl)cc2-c2c(F)c(=O)c(C(C)=O)cn21. The van der Waals surface area contributed by atoms with Gasteiger partial charge in [-0.1, -0.05) is 25.4 Å². The van der Waals surface area contributed by atoms with Crippen molar-refractivity contribution in [2.45, 2.75) is 39.6 Å². The lowest BCUT2D eigenvalue weighted by molar-refractivity contribution is 0.101. The quantitative estimate of drug-likeness (QED) is 0.480. The summed E-state index contributed by atoms with van der Waals surface area (Å²) in [6, 6.07) is 1.98. The van der Waals surface area contributed by atoms with Crippen LogP contribution in [0.15, 0.2) is 23.1 Å². The molecule has 1 aromatic heterocycles. The monoisotopic (exact) mass is 422 g/mol. The van der Waals surface area contributed by atoms with E-state index < -0.39 is 23.0 Å². The molecule has 3 rings (SSSR count). The molecular weight excluding hydrogens is 397 g/mol. The number of aromatic nitrogens is 1. The van der Waals surface area contributed by atoms with Gasteiger partial charge in [-0.05, 0) is 37.0 Å². The second-order valence-corrected chi connectivity index (χ2v) is 7.83. The van der Waals surface area contributed by atoms with E-state index in [0.29, 0.717) is 36.5 Å². The van der Waals surface area contributed by atoms with Gasteiger partial charge in [0.25, 0.3) is 0 Å².